The summed E-state index contributed by atoms with van der Waals surface area (Å²) >= 11 is 1.74. The molecule has 0 aliphatic heterocycles. The Hall–Kier alpha value is -0.830. The van der Waals surface area contributed by atoms with Crippen LogP contribution in [0, 0.1) is 23.2 Å². The van der Waals surface area contributed by atoms with E-state index < -0.39 is 0 Å². The molecule has 1 heterocycles. The number of carbonyl (C=O) groups excluding carboxylic acids is 1. The third-order valence-electron chi connectivity index (χ3n) is 5.84. The molecule has 4 saturated carbocycles. The predicted molar refractivity (Wildman–Crippen MR) is 81.5 cm³/mol. The third-order valence-corrected chi connectivity index (χ3v) is 6.89. The second kappa shape index (κ2) is 4.59. The summed E-state index contributed by atoms with van der Waals surface area (Å²) in [7, 11) is 0. The Labute approximate surface area is 125 Å². The molecule has 0 spiro atoms. The highest BCUT2D eigenvalue weighted by Gasteiger charge is 2.54. The molecule has 4 aliphatic carbocycles. The van der Waals surface area contributed by atoms with Gasteiger partial charge in [-0.25, -0.2) is 0 Å². The maximum atomic E-state index is 12.9. The molecule has 4 fully saturated rings. The number of amides is 1. The van der Waals surface area contributed by atoms with Crippen LogP contribution in [0.4, 0.5) is 0 Å². The van der Waals surface area contributed by atoms with Crippen molar-refractivity contribution in [2.24, 2.45) is 23.2 Å². The largest absolute Gasteiger partial charge is 0.348 e. The van der Waals surface area contributed by atoms with Crippen molar-refractivity contribution < 1.29 is 4.79 Å². The summed E-state index contributed by atoms with van der Waals surface area (Å²) in [6, 6.07) is 4.35. The van der Waals surface area contributed by atoms with Crippen LogP contribution in [0.2, 0.25) is 0 Å². The maximum absolute atomic E-state index is 12.9. The van der Waals surface area contributed by atoms with E-state index in [1.54, 1.807) is 11.3 Å². The van der Waals surface area contributed by atoms with E-state index in [0.29, 0.717) is 5.91 Å². The SMILES string of the molecule is CC(NC(=O)C12CC3CC(CC(C3)C1)C2)c1cccs1. The lowest BCUT2D eigenvalue weighted by Crippen LogP contribution is -2.53. The Morgan fingerprint density at radius 2 is 1.85 bits per heavy atom. The molecule has 108 valence electrons. The molecule has 4 bridgehead atoms. The maximum Gasteiger partial charge on any atom is 0.226 e. The molecule has 0 radical (unpaired) electrons. The lowest BCUT2D eigenvalue weighted by Gasteiger charge is -2.55. The van der Waals surface area contributed by atoms with Crippen molar-refractivity contribution in [3.63, 3.8) is 0 Å². The molecule has 4 aliphatic rings. The van der Waals surface area contributed by atoms with Gasteiger partial charge in [-0.2, -0.15) is 0 Å². The minimum absolute atomic E-state index is 0.0136. The number of carbonyl (C=O) groups is 1. The Balaban J connectivity index is 1.51. The lowest BCUT2D eigenvalue weighted by molar-refractivity contribution is -0.146. The summed E-state index contributed by atoms with van der Waals surface area (Å²) in [5.74, 6) is 2.86. The van der Waals surface area contributed by atoms with Gasteiger partial charge in [-0.15, -0.1) is 11.3 Å². The fourth-order valence-electron chi connectivity index (χ4n) is 5.35. The van der Waals surface area contributed by atoms with Gasteiger partial charge in [0, 0.05) is 10.3 Å². The van der Waals surface area contributed by atoms with Gasteiger partial charge in [-0.05, 0) is 74.6 Å². The van der Waals surface area contributed by atoms with Gasteiger partial charge < -0.3 is 5.32 Å². The van der Waals surface area contributed by atoms with Crippen molar-refractivity contribution in [1.82, 2.24) is 5.32 Å². The molecule has 1 aromatic heterocycles. The monoisotopic (exact) mass is 289 g/mol. The van der Waals surface area contributed by atoms with Crippen LogP contribution in [0.15, 0.2) is 17.5 Å². The molecule has 0 aromatic carbocycles. The zero-order valence-electron chi connectivity index (χ0n) is 12.1. The van der Waals surface area contributed by atoms with E-state index in [9.17, 15) is 4.79 Å². The normalized spacial score (nSPS) is 39.8. The number of hydrogen-bond acceptors (Lipinski definition) is 2. The van der Waals surface area contributed by atoms with Gasteiger partial charge in [0.1, 0.15) is 0 Å². The van der Waals surface area contributed by atoms with Gasteiger partial charge in [0.2, 0.25) is 5.91 Å². The first-order valence-electron chi connectivity index (χ1n) is 7.99. The lowest BCUT2D eigenvalue weighted by atomic mass is 9.49. The van der Waals surface area contributed by atoms with Gasteiger partial charge >= 0.3 is 0 Å². The number of nitrogens with one attached hydrogen (secondary N) is 1. The predicted octanol–water partition coefficient (Wildman–Crippen LogP) is 4.14. The van der Waals surface area contributed by atoms with Crippen LogP contribution in [0.5, 0.6) is 0 Å². The highest BCUT2D eigenvalue weighted by Crippen LogP contribution is 2.60. The Morgan fingerprint density at radius 3 is 2.35 bits per heavy atom. The van der Waals surface area contributed by atoms with Crippen LogP contribution in [-0.4, -0.2) is 5.91 Å². The molecular formula is C17H23NOS. The van der Waals surface area contributed by atoms with Crippen molar-refractivity contribution in [3.05, 3.63) is 22.4 Å². The van der Waals surface area contributed by atoms with Crippen LogP contribution in [0.3, 0.4) is 0 Å². The molecule has 1 atom stereocenters. The van der Waals surface area contributed by atoms with E-state index >= 15 is 0 Å². The summed E-state index contributed by atoms with van der Waals surface area (Å²) in [4.78, 5) is 14.2. The van der Waals surface area contributed by atoms with E-state index in [1.807, 2.05) is 0 Å². The Kier molecular flexibility index (Phi) is 2.95. The van der Waals surface area contributed by atoms with Crippen molar-refractivity contribution in [2.45, 2.75) is 51.5 Å². The van der Waals surface area contributed by atoms with Crippen LogP contribution in [-0.2, 0) is 4.79 Å². The molecule has 1 N–H and O–H groups in total. The van der Waals surface area contributed by atoms with Crippen molar-refractivity contribution in [3.8, 4) is 0 Å². The fourth-order valence-corrected chi connectivity index (χ4v) is 6.08. The van der Waals surface area contributed by atoms with Crippen molar-refractivity contribution in [1.29, 1.82) is 0 Å². The molecular weight excluding hydrogens is 266 g/mol. The molecule has 2 nitrogen and oxygen atoms in total. The van der Waals surface area contributed by atoms with Gasteiger partial charge in [0.05, 0.1) is 6.04 Å². The number of thiophene rings is 1. The van der Waals surface area contributed by atoms with Gasteiger partial charge in [0.25, 0.3) is 0 Å². The first-order valence-corrected chi connectivity index (χ1v) is 8.87. The second-order valence-electron chi connectivity index (χ2n) is 7.41. The number of rotatable bonds is 3. The van der Waals surface area contributed by atoms with E-state index in [2.05, 4.69) is 29.8 Å². The van der Waals surface area contributed by atoms with Crippen LogP contribution < -0.4 is 5.32 Å². The highest BCUT2D eigenvalue weighted by atomic mass is 32.1. The van der Waals surface area contributed by atoms with Gasteiger partial charge in [0.15, 0.2) is 0 Å². The molecule has 1 aromatic rings. The van der Waals surface area contributed by atoms with Gasteiger partial charge in [-0.1, -0.05) is 6.07 Å². The molecule has 0 saturated heterocycles. The standard InChI is InChI=1S/C17H23NOS/c1-11(15-3-2-4-20-15)18-16(19)17-8-12-5-13(9-17)7-14(6-12)10-17/h2-4,11-14H,5-10H2,1H3,(H,18,19). The summed E-state index contributed by atoms with van der Waals surface area (Å²) in [5, 5.41) is 5.40. The first kappa shape index (κ1) is 12.9. The van der Waals surface area contributed by atoms with Gasteiger partial charge in [-0.3, -0.25) is 4.79 Å². The molecule has 1 unspecified atom stereocenters. The van der Waals surface area contributed by atoms with Crippen LogP contribution in [0.25, 0.3) is 0 Å². The summed E-state index contributed by atoms with van der Waals surface area (Å²) in [6.07, 6.45) is 7.65. The highest BCUT2D eigenvalue weighted by molar-refractivity contribution is 7.10. The fraction of sp³-hybridized carbons (Fsp3) is 0.706. The minimum Gasteiger partial charge on any atom is -0.348 e. The third kappa shape index (κ3) is 2.02. The quantitative estimate of drug-likeness (QED) is 0.890. The molecule has 3 heteroatoms. The smallest absolute Gasteiger partial charge is 0.226 e. The summed E-state index contributed by atoms with van der Waals surface area (Å²) in [6.45, 7) is 2.12. The van der Waals surface area contributed by atoms with Crippen molar-refractivity contribution in [2.75, 3.05) is 0 Å². The molecule has 20 heavy (non-hydrogen) atoms. The zero-order chi connectivity index (χ0) is 13.7. The zero-order valence-corrected chi connectivity index (χ0v) is 12.9. The van der Waals surface area contributed by atoms with Crippen molar-refractivity contribution >= 4 is 17.2 Å². The average molecular weight is 289 g/mol. The van der Waals surface area contributed by atoms with E-state index in [4.69, 9.17) is 0 Å². The average Bonchev–Trinajstić information content (AvgIpc) is 2.90. The van der Waals surface area contributed by atoms with E-state index in [0.717, 1.165) is 37.0 Å². The topological polar surface area (TPSA) is 29.1 Å². The molecule has 1 amide bonds. The second-order valence-corrected chi connectivity index (χ2v) is 8.39. The first-order chi connectivity index (χ1) is 9.64. The Morgan fingerprint density at radius 1 is 1.25 bits per heavy atom. The Bertz CT molecular complexity index is 472. The van der Waals surface area contributed by atoms with E-state index in [1.165, 1.54) is 24.1 Å². The van der Waals surface area contributed by atoms with Crippen LogP contribution in [0.1, 0.15) is 56.4 Å². The summed E-state index contributed by atoms with van der Waals surface area (Å²) < 4.78 is 0. The number of hydrogen-bond donors (Lipinski definition) is 1. The van der Waals surface area contributed by atoms with E-state index in [-0.39, 0.29) is 11.5 Å². The minimum atomic E-state index is -0.0136. The van der Waals surface area contributed by atoms with Crippen LogP contribution >= 0.6 is 11.3 Å². The molecule has 5 rings (SSSR count). The summed E-state index contributed by atoms with van der Waals surface area (Å²) in [5.41, 5.74) is -0.0136.